The first-order valence-electron chi connectivity index (χ1n) is 22.4. The van der Waals surface area contributed by atoms with Crippen LogP contribution in [0.1, 0.15) is 188 Å². The van der Waals surface area contributed by atoms with Crippen molar-refractivity contribution < 1.29 is 24.5 Å². The molecule has 0 rings (SSSR count). The molecule has 0 spiro atoms. The van der Waals surface area contributed by atoms with E-state index in [0.717, 1.165) is 96.3 Å². The normalized spacial score (nSPS) is 14.2. The van der Waals surface area contributed by atoms with Gasteiger partial charge in [0.05, 0.1) is 25.2 Å². The molecule has 0 bridgehead atoms. The highest BCUT2D eigenvalue weighted by Gasteiger charge is 2.24. The van der Waals surface area contributed by atoms with Crippen molar-refractivity contribution in [1.82, 2.24) is 5.32 Å². The Labute approximate surface area is 338 Å². The van der Waals surface area contributed by atoms with Crippen molar-refractivity contribution in [2.24, 2.45) is 0 Å². The molecule has 0 aliphatic heterocycles. The van der Waals surface area contributed by atoms with Crippen LogP contribution in [-0.4, -0.2) is 46.9 Å². The molecule has 0 aliphatic carbocycles. The number of carbonyl (C=O) groups is 2. The molecule has 1 amide bonds. The molecule has 0 fully saturated rings. The number of hydrogen-bond acceptors (Lipinski definition) is 5. The standard InChI is InChI=1S/C49H83NO5/c1-4-7-10-13-16-19-22-23-24-25-27-30-33-36-39-42-49(54)55-45(40-37-34-31-28-26-20-17-14-11-8-5-2)43-48(53)50-46(44-51)47(52)41-38-35-32-29-21-18-15-12-9-6-3/h7-8,10-11,13-14,16-17,19-20,22-24,26,45-47,51-52H,4-6,9,12,15,18,21,25,27-44H2,1-3H3,(H,50,53)/b10-7+,11-8+,16-13+,17-14+,22-19+,24-23-,26-20-. The average Bonchev–Trinajstić information content (AvgIpc) is 3.18. The van der Waals surface area contributed by atoms with Gasteiger partial charge >= 0.3 is 5.97 Å². The van der Waals surface area contributed by atoms with Crippen molar-refractivity contribution in [3.05, 3.63) is 85.1 Å². The fourth-order valence-electron chi connectivity index (χ4n) is 6.26. The van der Waals surface area contributed by atoms with Crippen LogP contribution >= 0.6 is 0 Å². The molecular weight excluding hydrogens is 683 g/mol. The molecule has 3 unspecified atom stereocenters. The van der Waals surface area contributed by atoms with Crippen LogP contribution in [0, 0.1) is 0 Å². The Balaban J connectivity index is 4.69. The number of allylic oxidation sites excluding steroid dienone is 14. The lowest BCUT2D eigenvalue weighted by Crippen LogP contribution is -2.46. The quantitative estimate of drug-likeness (QED) is 0.0330. The number of rotatable bonds is 38. The maximum Gasteiger partial charge on any atom is 0.306 e. The number of aliphatic hydroxyl groups is 2. The lowest BCUT2D eigenvalue weighted by molar-refractivity contribution is -0.151. The largest absolute Gasteiger partial charge is 0.462 e. The third kappa shape index (κ3) is 37.7. The minimum Gasteiger partial charge on any atom is -0.462 e. The summed E-state index contributed by atoms with van der Waals surface area (Å²) in [5.41, 5.74) is 0. The lowest BCUT2D eigenvalue weighted by atomic mass is 10.0. The molecule has 0 heterocycles. The van der Waals surface area contributed by atoms with Crippen LogP contribution in [0.15, 0.2) is 85.1 Å². The molecule has 0 saturated carbocycles. The third-order valence-electron chi connectivity index (χ3n) is 9.63. The van der Waals surface area contributed by atoms with Crippen LogP contribution < -0.4 is 5.32 Å². The van der Waals surface area contributed by atoms with E-state index in [2.05, 4.69) is 80.8 Å². The maximum absolute atomic E-state index is 13.1. The van der Waals surface area contributed by atoms with E-state index in [1.165, 1.54) is 44.9 Å². The molecule has 0 aromatic carbocycles. The SMILES string of the molecule is CC/C=C/C=C/C=C\CCCCCC(CC(=O)NC(CO)C(O)CCCCCCCCCCCC)OC(=O)CCCCCCC\C=C/C=C/C=C/C=C/CC. The molecule has 6 heteroatoms. The second kappa shape index (κ2) is 42.2. The summed E-state index contributed by atoms with van der Waals surface area (Å²) < 4.78 is 5.87. The van der Waals surface area contributed by atoms with Crippen LogP contribution in [0.2, 0.25) is 0 Å². The van der Waals surface area contributed by atoms with Gasteiger partial charge in [-0.1, -0.05) is 196 Å². The van der Waals surface area contributed by atoms with Crippen molar-refractivity contribution in [3.8, 4) is 0 Å². The van der Waals surface area contributed by atoms with Gasteiger partial charge in [-0.2, -0.15) is 0 Å². The molecule has 55 heavy (non-hydrogen) atoms. The van der Waals surface area contributed by atoms with Crippen molar-refractivity contribution in [1.29, 1.82) is 0 Å². The Morgan fingerprint density at radius 2 is 0.982 bits per heavy atom. The van der Waals surface area contributed by atoms with Crippen molar-refractivity contribution in [2.45, 2.75) is 206 Å². The number of aliphatic hydroxyl groups excluding tert-OH is 2. The summed E-state index contributed by atoms with van der Waals surface area (Å²) in [6.45, 7) is 6.15. The smallest absolute Gasteiger partial charge is 0.306 e. The van der Waals surface area contributed by atoms with E-state index in [1.54, 1.807) is 0 Å². The Morgan fingerprint density at radius 3 is 1.51 bits per heavy atom. The van der Waals surface area contributed by atoms with Crippen LogP contribution in [0.25, 0.3) is 0 Å². The van der Waals surface area contributed by atoms with E-state index in [4.69, 9.17) is 4.74 Å². The Kier molecular flexibility index (Phi) is 39.9. The summed E-state index contributed by atoms with van der Waals surface area (Å²) in [7, 11) is 0. The fraction of sp³-hybridized carbons (Fsp3) is 0.673. The van der Waals surface area contributed by atoms with Gasteiger partial charge in [-0.3, -0.25) is 9.59 Å². The van der Waals surface area contributed by atoms with Gasteiger partial charge in [-0.25, -0.2) is 0 Å². The zero-order chi connectivity index (χ0) is 40.3. The Morgan fingerprint density at radius 1 is 0.545 bits per heavy atom. The molecule has 0 radical (unpaired) electrons. The number of carbonyl (C=O) groups excluding carboxylic acids is 2. The molecule has 6 nitrogen and oxygen atoms in total. The zero-order valence-electron chi connectivity index (χ0n) is 35.5. The highest BCUT2D eigenvalue weighted by atomic mass is 16.5. The highest BCUT2D eigenvalue weighted by molar-refractivity contribution is 5.77. The minimum atomic E-state index is -0.803. The van der Waals surface area contributed by atoms with Gasteiger partial charge in [0, 0.05) is 6.42 Å². The number of unbranched alkanes of at least 4 members (excludes halogenated alkanes) is 17. The van der Waals surface area contributed by atoms with Gasteiger partial charge in [0.25, 0.3) is 0 Å². The van der Waals surface area contributed by atoms with Crippen molar-refractivity contribution in [2.75, 3.05) is 6.61 Å². The second-order valence-electron chi connectivity index (χ2n) is 14.8. The fourth-order valence-corrected chi connectivity index (χ4v) is 6.26. The van der Waals surface area contributed by atoms with Gasteiger partial charge in [-0.05, 0) is 64.2 Å². The Bertz CT molecular complexity index is 1080. The van der Waals surface area contributed by atoms with E-state index >= 15 is 0 Å². The molecular formula is C49H83NO5. The second-order valence-corrected chi connectivity index (χ2v) is 14.8. The van der Waals surface area contributed by atoms with E-state index in [0.29, 0.717) is 19.3 Å². The molecule has 0 aromatic rings. The van der Waals surface area contributed by atoms with Crippen LogP contribution in [0.4, 0.5) is 0 Å². The van der Waals surface area contributed by atoms with Crippen LogP contribution in [0.3, 0.4) is 0 Å². The van der Waals surface area contributed by atoms with Crippen LogP contribution in [-0.2, 0) is 14.3 Å². The van der Waals surface area contributed by atoms with E-state index < -0.39 is 18.2 Å². The number of ether oxygens (including phenoxy) is 1. The summed E-state index contributed by atoms with van der Waals surface area (Å²) in [5.74, 6) is -0.547. The first-order valence-corrected chi connectivity index (χ1v) is 22.4. The minimum absolute atomic E-state index is 0.0398. The average molecular weight is 766 g/mol. The third-order valence-corrected chi connectivity index (χ3v) is 9.63. The van der Waals surface area contributed by atoms with Crippen LogP contribution in [0.5, 0.6) is 0 Å². The number of esters is 1. The molecule has 0 saturated heterocycles. The molecule has 314 valence electrons. The summed E-state index contributed by atoms with van der Waals surface area (Å²) in [4.78, 5) is 26.0. The highest BCUT2D eigenvalue weighted by Crippen LogP contribution is 2.17. The molecule has 3 N–H and O–H groups in total. The molecule has 0 aromatic heterocycles. The van der Waals surface area contributed by atoms with Crippen molar-refractivity contribution in [3.63, 3.8) is 0 Å². The van der Waals surface area contributed by atoms with Gasteiger partial charge < -0.3 is 20.3 Å². The summed E-state index contributed by atoms with van der Waals surface area (Å²) in [6.07, 6.45) is 53.6. The summed E-state index contributed by atoms with van der Waals surface area (Å²) in [5, 5.41) is 23.6. The van der Waals surface area contributed by atoms with Gasteiger partial charge in [-0.15, -0.1) is 0 Å². The van der Waals surface area contributed by atoms with E-state index in [-0.39, 0.29) is 24.9 Å². The number of amides is 1. The first kappa shape index (κ1) is 52.0. The van der Waals surface area contributed by atoms with Crippen molar-refractivity contribution >= 4 is 11.9 Å². The maximum atomic E-state index is 13.1. The number of hydrogen-bond donors (Lipinski definition) is 3. The lowest BCUT2D eigenvalue weighted by Gasteiger charge is -2.24. The Hall–Kier alpha value is -2.96. The predicted octanol–water partition coefficient (Wildman–Crippen LogP) is 12.8. The summed E-state index contributed by atoms with van der Waals surface area (Å²) in [6, 6.07) is -0.720. The zero-order valence-corrected chi connectivity index (χ0v) is 35.5. The van der Waals surface area contributed by atoms with Gasteiger partial charge in [0.2, 0.25) is 5.91 Å². The van der Waals surface area contributed by atoms with Gasteiger partial charge in [0.15, 0.2) is 0 Å². The molecule has 0 aliphatic rings. The molecule has 3 atom stereocenters. The summed E-state index contributed by atoms with van der Waals surface area (Å²) >= 11 is 0. The van der Waals surface area contributed by atoms with Gasteiger partial charge in [0.1, 0.15) is 6.10 Å². The first-order chi connectivity index (χ1) is 27.0. The monoisotopic (exact) mass is 766 g/mol. The topological polar surface area (TPSA) is 95.9 Å². The predicted molar refractivity (Wildman–Crippen MR) is 236 cm³/mol. The van der Waals surface area contributed by atoms with E-state index in [1.807, 2.05) is 30.4 Å². The number of nitrogens with one attached hydrogen (secondary N) is 1. The van der Waals surface area contributed by atoms with E-state index in [9.17, 15) is 19.8 Å².